The molecule has 0 N–H and O–H groups in total. The average molecular weight is 298 g/mol. The van der Waals surface area contributed by atoms with E-state index < -0.39 is 0 Å². The molecule has 1 heterocycles. The first-order valence-electron chi connectivity index (χ1n) is 5.45. The first-order valence-corrected chi connectivity index (χ1v) is 7.43. The lowest BCUT2D eigenvalue weighted by Crippen LogP contribution is -2.21. The van der Waals surface area contributed by atoms with Crippen molar-refractivity contribution in [1.29, 1.82) is 0 Å². The van der Waals surface area contributed by atoms with Crippen molar-refractivity contribution >= 4 is 33.5 Å². The van der Waals surface area contributed by atoms with Crippen LogP contribution in [0.1, 0.15) is 17.5 Å². The second kappa shape index (κ2) is 5.39. The van der Waals surface area contributed by atoms with Crippen LogP contribution in [0, 0.1) is 6.92 Å². The Morgan fingerprint density at radius 2 is 2.19 bits per heavy atom. The molecule has 0 fully saturated rings. The van der Waals surface area contributed by atoms with Crippen molar-refractivity contribution in [2.24, 2.45) is 0 Å². The Morgan fingerprint density at radius 1 is 1.38 bits per heavy atom. The summed E-state index contributed by atoms with van der Waals surface area (Å²) in [5.41, 5.74) is 4.17. The molecule has 0 atom stereocenters. The van der Waals surface area contributed by atoms with E-state index in [1.807, 2.05) is 11.9 Å². The molecule has 0 unspecified atom stereocenters. The van der Waals surface area contributed by atoms with Crippen LogP contribution in [0.25, 0.3) is 5.57 Å². The van der Waals surface area contributed by atoms with Crippen molar-refractivity contribution in [3.63, 3.8) is 0 Å². The minimum absolute atomic E-state index is 1.06. The maximum absolute atomic E-state index is 3.54. The molecule has 0 amide bonds. The van der Waals surface area contributed by atoms with E-state index in [4.69, 9.17) is 0 Å². The van der Waals surface area contributed by atoms with E-state index in [0.717, 1.165) is 19.5 Å². The van der Waals surface area contributed by atoms with Crippen LogP contribution < -0.4 is 0 Å². The van der Waals surface area contributed by atoms with Gasteiger partial charge >= 0.3 is 0 Å². The zero-order chi connectivity index (χ0) is 11.5. The minimum atomic E-state index is 1.06. The Bertz CT molecular complexity index is 414. The quantitative estimate of drug-likeness (QED) is 0.755. The molecule has 2 rings (SSSR count). The molecule has 1 aromatic carbocycles. The maximum Gasteiger partial charge on any atom is 0.0276 e. The van der Waals surface area contributed by atoms with Gasteiger partial charge in [0.05, 0.1) is 0 Å². The van der Waals surface area contributed by atoms with E-state index in [2.05, 4.69) is 57.7 Å². The number of rotatable bonds is 2. The molecule has 86 valence electrons. The predicted molar refractivity (Wildman–Crippen MR) is 76.6 cm³/mol. The monoisotopic (exact) mass is 297 g/mol. The highest BCUT2D eigenvalue weighted by atomic mass is 79.9. The van der Waals surface area contributed by atoms with E-state index in [9.17, 15) is 0 Å². The van der Waals surface area contributed by atoms with Gasteiger partial charge in [0.15, 0.2) is 0 Å². The minimum Gasteiger partial charge on any atom is -0.247 e. The fourth-order valence-corrected chi connectivity index (χ4v) is 2.67. The van der Waals surface area contributed by atoms with Crippen molar-refractivity contribution in [2.75, 3.05) is 19.3 Å². The SMILES string of the molecule is CSN1CC=C(c2ccc(Br)c(C)c2)CC1. The summed E-state index contributed by atoms with van der Waals surface area (Å²) in [6.07, 6.45) is 5.65. The molecule has 3 heteroatoms. The third kappa shape index (κ3) is 2.70. The molecule has 0 bridgehead atoms. The lowest BCUT2D eigenvalue weighted by atomic mass is 9.99. The van der Waals surface area contributed by atoms with Gasteiger partial charge in [-0.1, -0.05) is 46.1 Å². The molecule has 0 radical (unpaired) electrons. The lowest BCUT2D eigenvalue weighted by Gasteiger charge is -2.24. The molecule has 16 heavy (non-hydrogen) atoms. The normalized spacial score (nSPS) is 17.3. The Hall–Kier alpha value is -0.250. The molecule has 0 aliphatic carbocycles. The summed E-state index contributed by atoms with van der Waals surface area (Å²) >= 11 is 5.37. The van der Waals surface area contributed by atoms with E-state index in [1.54, 1.807) is 0 Å². The maximum atomic E-state index is 3.54. The second-order valence-corrected chi connectivity index (χ2v) is 5.75. The van der Waals surface area contributed by atoms with Crippen LogP contribution in [0.15, 0.2) is 28.7 Å². The van der Waals surface area contributed by atoms with Gasteiger partial charge in [0.1, 0.15) is 0 Å². The fourth-order valence-electron chi connectivity index (χ4n) is 1.92. The van der Waals surface area contributed by atoms with Gasteiger partial charge in [0.2, 0.25) is 0 Å². The summed E-state index contributed by atoms with van der Waals surface area (Å²) in [5.74, 6) is 0. The van der Waals surface area contributed by atoms with Crippen LogP contribution in [0.3, 0.4) is 0 Å². The number of benzene rings is 1. The van der Waals surface area contributed by atoms with Crippen molar-refractivity contribution in [1.82, 2.24) is 4.31 Å². The fraction of sp³-hybridized carbons (Fsp3) is 0.385. The second-order valence-electron chi connectivity index (χ2n) is 4.01. The van der Waals surface area contributed by atoms with Gasteiger partial charge in [-0.15, -0.1) is 0 Å². The zero-order valence-corrected chi connectivity index (χ0v) is 12.1. The number of hydrogen-bond acceptors (Lipinski definition) is 2. The summed E-state index contributed by atoms with van der Waals surface area (Å²) in [6.45, 7) is 4.36. The first-order chi connectivity index (χ1) is 7.70. The topological polar surface area (TPSA) is 3.24 Å². The molecule has 0 saturated heterocycles. The van der Waals surface area contributed by atoms with Crippen LogP contribution in [0.4, 0.5) is 0 Å². The van der Waals surface area contributed by atoms with Crippen LogP contribution in [-0.2, 0) is 0 Å². The van der Waals surface area contributed by atoms with Crippen LogP contribution in [0.5, 0.6) is 0 Å². The van der Waals surface area contributed by atoms with Gasteiger partial charge in [-0.25, -0.2) is 4.31 Å². The van der Waals surface area contributed by atoms with Gasteiger partial charge < -0.3 is 0 Å². The van der Waals surface area contributed by atoms with Crippen molar-refractivity contribution in [3.05, 3.63) is 39.9 Å². The molecule has 1 aromatic rings. The smallest absolute Gasteiger partial charge is 0.0276 e. The van der Waals surface area contributed by atoms with E-state index >= 15 is 0 Å². The van der Waals surface area contributed by atoms with Gasteiger partial charge in [-0.2, -0.15) is 0 Å². The van der Waals surface area contributed by atoms with Crippen LogP contribution in [-0.4, -0.2) is 23.7 Å². The number of hydrogen-bond donors (Lipinski definition) is 0. The largest absolute Gasteiger partial charge is 0.247 e. The van der Waals surface area contributed by atoms with Crippen LogP contribution in [0.2, 0.25) is 0 Å². The van der Waals surface area contributed by atoms with Crippen molar-refractivity contribution in [2.45, 2.75) is 13.3 Å². The van der Waals surface area contributed by atoms with Gasteiger partial charge in [0.25, 0.3) is 0 Å². The number of halogens is 1. The molecule has 0 aromatic heterocycles. The summed E-state index contributed by atoms with van der Waals surface area (Å²) < 4.78 is 3.58. The Balaban J connectivity index is 2.19. The zero-order valence-electron chi connectivity index (χ0n) is 9.66. The third-order valence-corrected chi connectivity index (χ3v) is 4.70. The van der Waals surface area contributed by atoms with E-state index in [0.29, 0.717) is 0 Å². The molecule has 1 nitrogen and oxygen atoms in total. The average Bonchev–Trinajstić information content (AvgIpc) is 2.33. The molecular weight excluding hydrogens is 282 g/mol. The van der Waals surface area contributed by atoms with Gasteiger partial charge in [0, 0.05) is 17.6 Å². The lowest BCUT2D eigenvalue weighted by molar-refractivity contribution is 0.518. The summed E-state index contributed by atoms with van der Waals surface area (Å²) in [6, 6.07) is 6.62. The third-order valence-electron chi connectivity index (χ3n) is 2.96. The molecule has 1 aliphatic heterocycles. The summed E-state index contributed by atoms with van der Waals surface area (Å²) in [5, 5.41) is 0. The number of nitrogens with zero attached hydrogens (tertiary/aromatic N) is 1. The molecular formula is C13H16BrNS. The van der Waals surface area contributed by atoms with Crippen LogP contribution >= 0.6 is 27.9 Å². The number of aryl methyl sites for hydroxylation is 1. The highest BCUT2D eigenvalue weighted by Crippen LogP contribution is 2.27. The Morgan fingerprint density at radius 3 is 2.75 bits per heavy atom. The standard InChI is InChI=1S/C13H16BrNS/c1-10-9-12(3-4-13(10)14)11-5-7-15(16-2)8-6-11/h3-5,9H,6-8H2,1-2H3. The molecule has 0 spiro atoms. The molecule has 0 saturated carbocycles. The summed E-state index contributed by atoms with van der Waals surface area (Å²) in [7, 11) is 0. The Kier molecular flexibility index (Phi) is 4.11. The van der Waals surface area contributed by atoms with Gasteiger partial charge in [-0.05, 0) is 42.4 Å². The van der Waals surface area contributed by atoms with E-state index in [1.165, 1.54) is 21.2 Å². The first kappa shape index (κ1) is 12.2. The van der Waals surface area contributed by atoms with Gasteiger partial charge in [-0.3, -0.25) is 0 Å². The van der Waals surface area contributed by atoms with Crippen molar-refractivity contribution < 1.29 is 0 Å². The highest BCUT2D eigenvalue weighted by molar-refractivity contribution is 9.10. The summed E-state index contributed by atoms with van der Waals surface area (Å²) in [4.78, 5) is 0. The van der Waals surface area contributed by atoms with E-state index in [-0.39, 0.29) is 0 Å². The predicted octanol–water partition coefficient (Wildman–Crippen LogP) is 4.12. The molecule has 1 aliphatic rings. The highest BCUT2D eigenvalue weighted by Gasteiger charge is 2.12. The Labute approximate surface area is 110 Å². The van der Waals surface area contributed by atoms with Crippen molar-refractivity contribution in [3.8, 4) is 0 Å².